The van der Waals surface area contributed by atoms with Crippen molar-refractivity contribution in [3.63, 3.8) is 0 Å². The third-order valence-electron chi connectivity index (χ3n) is 20.9. The maximum atomic E-state index is 12.9. The number of phosphoric ester groups is 4. The molecule has 3 amide bonds. The number of ether oxygens (including phenoxy) is 4. The van der Waals surface area contributed by atoms with Crippen LogP contribution >= 0.6 is 31.3 Å². The highest BCUT2D eigenvalue weighted by Gasteiger charge is 2.64. The number of amides is 3. The Kier molecular flexibility index (Phi) is 25.4. The summed E-state index contributed by atoms with van der Waals surface area (Å²) < 4.78 is 143. The number of hydrogen-bond acceptors (Lipinski definition) is 32. The molecule has 11 aliphatic heterocycles. The van der Waals surface area contributed by atoms with Crippen molar-refractivity contribution in [3.8, 4) is 0 Å². The summed E-state index contributed by atoms with van der Waals surface area (Å²) in [7, 11) is -14.9. The van der Waals surface area contributed by atoms with Crippen molar-refractivity contribution in [2.75, 3.05) is 39.6 Å². The molecule has 12 N–H and O–H groups in total. The number of aromatic nitrogens is 2. The number of rotatable bonds is 18. The van der Waals surface area contributed by atoms with Crippen molar-refractivity contribution < 1.29 is 106 Å². The Bertz CT molecular complexity index is 3740. The first-order valence-electron chi connectivity index (χ1n) is 35.8. The Morgan fingerprint density at radius 1 is 0.481 bits per heavy atom. The molecule has 0 unspecified atom stereocenters. The van der Waals surface area contributed by atoms with Crippen LogP contribution in [0.5, 0.6) is 0 Å². The van der Waals surface area contributed by atoms with Crippen LogP contribution in [0.4, 0.5) is 0 Å². The Hall–Kier alpha value is -4.95. The van der Waals surface area contributed by atoms with E-state index in [2.05, 4.69) is 54.5 Å². The highest BCUT2D eigenvalue weighted by Crippen LogP contribution is 2.63. The van der Waals surface area contributed by atoms with E-state index >= 15 is 0 Å². The van der Waals surface area contributed by atoms with Crippen molar-refractivity contribution in [3.05, 3.63) is 107 Å². The number of aromatic amines is 1. The Morgan fingerprint density at radius 2 is 0.774 bits per heavy atom. The lowest BCUT2D eigenvalue weighted by Crippen LogP contribution is -2.60. The second kappa shape index (κ2) is 32.8. The molecule has 37 nitrogen and oxygen atoms in total. The van der Waals surface area contributed by atoms with Crippen LogP contribution in [0.3, 0.4) is 0 Å². The maximum Gasteiger partial charge on any atom is 0.475 e. The minimum absolute atomic E-state index is 0.0355. The molecule has 14 rings (SSSR count). The van der Waals surface area contributed by atoms with Crippen LogP contribution in [0, 0.1) is 11.8 Å². The average Bonchev–Trinajstić information content (AvgIpc) is 1.61. The summed E-state index contributed by atoms with van der Waals surface area (Å²) in [6, 6.07) is 1.20. The molecule has 13 aliphatic rings. The number of hydrogen-bond donors (Lipinski definition) is 8. The van der Waals surface area contributed by atoms with Crippen molar-refractivity contribution in [1.82, 2.24) is 40.2 Å². The van der Waals surface area contributed by atoms with Gasteiger partial charge in [-0.3, -0.25) is 83.0 Å². The molecule has 20 atom stereocenters. The summed E-state index contributed by atoms with van der Waals surface area (Å²) in [5.41, 5.74) is 20.5. The SMILES string of the molecule is C=C1NC(=O)C=CN1[C@@H]1O[C@@H]2CO[P@@](=O)(OC3CCCC3)O[C@H]2[C@@]1(C)N.C=C1NC(=O)C=CN1[C@@H]1O[C@@H]2CO[P@](=O)(OC3CCCC3)O[C@H]2[C@@]1(C)N.C=C1NC(=O)C=CN1[C@@H]1O[C@@H]2CO[P@](=O)(OCC(CC)CC)O[C@H]2[C@@]1(C)N.CCC(CC)CO[P@]1(=O)OC[C@H]2O[C@@H](n3ccc(=O)[nH]c3=O)[C@](C)(N)[C@@H]2O1. The van der Waals surface area contributed by atoms with E-state index in [0.717, 1.165) is 77.0 Å². The van der Waals surface area contributed by atoms with E-state index in [9.17, 15) is 42.2 Å². The van der Waals surface area contributed by atoms with Gasteiger partial charge in [0.15, 0.2) is 24.9 Å². The molecule has 592 valence electrons. The fraction of sp³-hybridized carbons (Fsp3) is 0.708. The van der Waals surface area contributed by atoms with Crippen molar-refractivity contribution in [2.24, 2.45) is 34.8 Å². The molecule has 0 spiro atoms. The van der Waals surface area contributed by atoms with Gasteiger partial charge in [-0.15, -0.1) is 0 Å². The number of H-pyrrole nitrogens is 1. The van der Waals surface area contributed by atoms with Crippen molar-refractivity contribution >= 4 is 49.0 Å². The first kappa shape index (κ1) is 82.0. The van der Waals surface area contributed by atoms with Crippen LogP contribution in [-0.4, -0.2) is 183 Å². The monoisotopic (exact) mass is 1570 g/mol. The van der Waals surface area contributed by atoms with E-state index in [0.29, 0.717) is 24.1 Å². The zero-order valence-corrected chi connectivity index (χ0v) is 64.4. The minimum Gasteiger partial charge on any atom is -0.347 e. The lowest BCUT2D eigenvalue weighted by Gasteiger charge is -2.39. The summed E-state index contributed by atoms with van der Waals surface area (Å²) in [6.07, 6.45) is 13.1. The number of carbonyl (C=O) groups is 3. The molecule has 10 fully saturated rings. The number of nitrogens with two attached hydrogens (primary N) is 4. The van der Waals surface area contributed by atoms with Gasteiger partial charge in [-0.05, 0) is 65.2 Å². The van der Waals surface area contributed by atoms with Gasteiger partial charge in [-0.1, -0.05) is 98.8 Å². The highest BCUT2D eigenvalue weighted by molar-refractivity contribution is 7.49. The second-order valence-electron chi connectivity index (χ2n) is 29.1. The van der Waals surface area contributed by atoms with E-state index < -0.39 is 138 Å². The van der Waals surface area contributed by atoms with Crippen LogP contribution in [-0.2, 0) is 106 Å². The Balaban J connectivity index is 0.000000141. The molecule has 2 aliphatic carbocycles. The van der Waals surface area contributed by atoms with Gasteiger partial charge in [0.1, 0.15) is 66.3 Å². The van der Waals surface area contributed by atoms with Gasteiger partial charge in [0, 0.05) is 49.1 Å². The predicted molar refractivity (Wildman–Crippen MR) is 377 cm³/mol. The number of fused-ring (bicyclic) bond motifs is 4. The summed E-state index contributed by atoms with van der Waals surface area (Å²) in [6.45, 7) is 27.2. The van der Waals surface area contributed by atoms with Gasteiger partial charge in [0.25, 0.3) is 23.3 Å². The Labute approximate surface area is 614 Å². The number of nitrogens with zero attached hydrogens (tertiary/aromatic N) is 4. The lowest BCUT2D eigenvalue weighted by atomic mass is 9.93. The van der Waals surface area contributed by atoms with Crippen LogP contribution in [0.2, 0.25) is 0 Å². The second-order valence-corrected chi connectivity index (χ2v) is 35.5. The predicted octanol–water partition coefficient (Wildman–Crippen LogP) is 5.61. The van der Waals surface area contributed by atoms with Gasteiger partial charge >= 0.3 is 37.0 Å². The van der Waals surface area contributed by atoms with Gasteiger partial charge in [0.2, 0.25) is 0 Å². The molecule has 0 radical (unpaired) electrons. The van der Waals surface area contributed by atoms with Crippen LogP contribution in [0.1, 0.15) is 139 Å². The molecular formula is C65H102N12O25P4. The van der Waals surface area contributed by atoms with Gasteiger partial charge in [-0.2, -0.15) is 0 Å². The molecule has 8 saturated heterocycles. The standard InChI is InChI=1S/C17H28N3O6P.C16H26N3O7P.2C16H24N3O6P/c1-5-12(6-2)9-23-27(22)24-10-13-15(26-27)17(4,18)16(25-13)20-8-7-14(21)19-11(20)3;1-4-10(5-2)8-23-27(22)24-9-11-13(26-27)16(3,17)14(25-11)19-7-6-12(20)18-15(19)21;2*1-10-18-13(20)7-8-19(10)15-16(2,17)14-12(23-15)9-22-26(21,25-14)24-11-5-3-4-6-11/h7-8,12-13,15-16H,3,5-6,9-10,18H2,1-2,4H3,(H,19,21);6-7,10-11,13-14H,4-5,8-9,17H2,1-3H3,(H,18,20,21);2*7-8,11-12,14-15H,1,3-6,9,17H2,2H3,(H,18,20)/t13-,15-,16-,17-,27+;11-,13-,14-,16-,27-;12-,14-,15-,16-,26+;12-,14-,15-,16-,26-/m1111/s1. The van der Waals surface area contributed by atoms with Crippen LogP contribution < -0.4 is 50.1 Å². The zero-order valence-electron chi connectivity index (χ0n) is 60.8. The topological polar surface area (TPSA) is 472 Å². The summed E-state index contributed by atoms with van der Waals surface area (Å²) in [4.78, 5) is 64.8. The summed E-state index contributed by atoms with van der Waals surface area (Å²) in [5, 5.41) is 7.82. The number of phosphoric acid groups is 4. The molecule has 106 heavy (non-hydrogen) atoms. The Morgan fingerprint density at radius 3 is 1.08 bits per heavy atom. The summed E-state index contributed by atoms with van der Waals surface area (Å²) >= 11 is 0. The quantitative estimate of drug-likeness (QED) is 0.0828. The van der Waals surface area contributed by atoms with Gasteiger partial charge < -0.3 is 72.5 Å². The summed E-state index contributed by atoms with van der Waals surface area (Å²) in [5.74, 6) is 0.763. The number of carbonyl (C=O) groups excluding carboxylic acids is 3. The first-order valence-corrected chi connectivity index (χ1v) is 41.7. The highest BCUT2D eigenvalue weighted by atomic mass is 31.2. The average molecular weight is 1580 g/mol. The van der Waals surface area contributed by atoms with E-state index in [1.165, 1.54) is 35.1 Å². The van der Waals surface area contributed by atoms with E-state index in [4.69, 9.17) is 96.2 Å². The normalized spacial score (nSPS) is 40.5. The molecule has 41 heteroatoms. The van der Waals surface area contributed by atoms with Gasteiger partial charge in [0.05, 0.1) is 74.0 Å². The lowest BCUT2D eigenvalue weighted by molar-refractivity contribution is -0.119. The molecule has 12 heterocycles. The van der Waals surface area contributed by atoms with Crippen molar-refractivity contribution in [2.45, 2.75) is 241 Å². The number of nitrogens with one attached hydrogen (secondary N) is 4. The van der Waals surface area contributed by atoms with Gasteiger partial charge in [-0.25, -0.2) is 23.1 Å². The van der Waals surface area contributed by atoms with Crippen LogP contribution in [0.15, 0.2) is 95.9 Å². The third-order valence-corrected chi connectivity index (χ3v) is 26.7. The van der Waals surface area contributed by atoms with Crippen LogP contribution in [0.25, 0.3) is 0 Å². The minimum atomic E-state index is -3.79. The molecule has 1 aromatic heterocycles. The third kappa shape index (κ3) is 17.8. The fourth-order valence-corrected chi connectivity index (χ4v) is 21.1. The smallest absolute Gasteiger partial charge is 0.347 e. The molecule has 1 aromatic rings. The largest absolute Gasteiger partial charge is 0.475 e. The van der Waals surface area contributed by atoms with Crippen molar-refractivity contribution in [1.29, 1.82) is 0 Å². The zero-order chi connectivity index (χ0) is 76.7. The molecule has 0 bridgehead atoms. The van der Waals surface area contributed by atoms with E-state index in [-0.39, 0.29) is 74.8 Å². The maximum absolute atomic E-state index is 12.9. The first-order chi connectivity index (χ1) is 50.0. The molecular weight excluding hydrogens is 1470 g/mol. The van der Waals surface area contributed by atoms with E-state index in [1.54, 1.807) is 61.0 Å². The molecule has 0 aromatic carbocycles. The molecule has 2 saturated carbocycles. The van der Waals surface area contributed by atoms with E-state index in [1.807, 2.05) is 13.8 Å². The fourth-order valence-electron chi connectivity index (χ4n) is 14.5.